The molecule has 1 rings (SSSR count). The minimum atomic E-state index is -0.906. The van der Waals surface area contributed by atoms with E-state index in [4.69, 9.17) is 0 Å². The number of aliphatic hydroxyl groups excluding tert-OH is 1. The number of rotatable bonds is 3. The largest absolute Gasteiger partial charge is 0.384 e. The maximum atomic E-state index is 13.9. The monoisotopic (exact) mass is 290 g/mol. The summed E-state index contributed by atoms with van der Waals surface area (Å²) in [6, 6.07) is 3.44. The number of aliphatic hydroxyl groups is 1. The summed E-state index contributed by atoms with van der Waals surface area (Å²) in [6.07, 6.45) is 4.14. The molecule has 1 aromatic carbocycles. The Morgan fingerprint density at radius 1 is 1.53 bits per heavy atom. The van der Waals surface area contributed by atoms with Crippen molar-refractivity contribution in [1.29, 1.82) is 0 Å². The molecule has 0 aliphatic carbocycles. The molecule has 1 N–H and O–H groups in total. The Morgan fingerprint density at radius 3 is 2.73 bits per heavy atom. The summed E-state index contributed by atoms with van der Waals surface area (Å²) >= 11 is 4.56. The Hall–Kier alpha value is -0.320. The molecule has 0 bridgehead atoms. The van der Waals surface area contributed by atoms with E-state index in [-0.39, 0.29) is 5.82 Å². The molecule has 0 saturated carbocycles. The second-order valence-electron chi connectivity index (χ2n) is 2.95. The van der Waals surface area contributed by atoms with Crippen LogP contribution in [0, 0.1) is 5.82 Å². The molecule has 0 radical (unpaired) electrons. The zero-order valence-electron chi connectivity index (χ0n) is 8.50. The third kappa shape index (κ3) is 2.83. The van der Waals surface area contributed by atoms with E-state index in [1.54, 1.807) is 37.5 Å². The summed E-state index contributed by atoms with van der Waals surface area (Å²) in [5, 5.41) is 9.74. The number of thioether (sulfide) groups is 1. The van der Waals surface area contributed by atoms with Gasteiger partial charge < -0.3 is 5.11 Å². The molecular weight excluding hydrogens is 279 g/mol. The topological polar surface area (TPSA) is 20.2 Å². The van der Waals surface area contributed by atoms with Crippen LogP contribution in [0.5, 0.6) is 0 Å². The highest BCUT2D eigenvalue weighted by atomic mass is 79.9. The van der Waals surface area contributed by atoms with Gasteiger partial charge in [0.25, 0.3) is 0 Å². The van der Waals surface area contributed by atoms with Crippen LogP contribution in [0.3, 0.4) is 0 Å². The zero-order valence-corrected chi connectivity index (χ0v) is 10.9. The lowest BCUT2D eigenvalue weighted by molar-refractivity contribution is 0.221. The summed E-state index contributed by atoms with van der Waals surface area (Å²) in [4.78, 5) is 0.539. The highest BCUT2D eigenvalue weighted by Gasteiger charge is 2.16. The zero-order chi connectivity index (χ0) is 11.4. The van der Waals surface area contributed by atoms with Crippen LogP contribution in [0.25, 0.3) is 0 Å². The lowest BCUT2D eigenvalue weighted by Gasteiger charge is -2.12. The van der Waals surface area contributed by atoms with E-state index in [1.807, 2.05) is 0 Å². The average Bonchev–Trinajstić information content (AvgIpc) is 2.18. The molecule has 0 fully saturated rings. The number of halogens is 2. The van der Waals surface area contributed by atoms with Gasteiger partial charge in [0, 0.05) is 14.9 Å². The first-order valence-electron chi connectivity index (χ1n) is 4.44. The molecule has 1 aromatic rings. The van der Waals surface area contributed by atoms with Gasteiger partial charge in [-0.15, -0.1) is 11.8 Å². The molecule has 4 heteroatoms. The first-order chi connectivity index (χ1) is 7.11. The van der Waals surface area contributed by atoms with Crippen molar-refractivity contribution in [3.8, 4) is 0 Å². The normalized spacial score (nSPS) is 13.4. The molecule has 82 valence electrons. The van der Waals surface area contributed by atoms with E-state index in [0.717, 1.165) is 0 Å². The fourth-order valence-corrected chi connectivity index (χ4v) is 2.29. The molecular formula is C11H12BrFOS. The van der Waals surface area contributed by atoms with Crippen LogP contribution in [0.1, 0.15) is 18.6 Å². The minimum absolute atomic E-state index is 0.292. The first kappa shape index (κ1) is 12.7. The van der Waals surface area contributed by atoms with Gasteiger partial charge in [-0.2, -0.15) is 0 Å². The summed E-state index contributed by atoms with van der Waals surface area (Å²) in [5.41, 5.74) is 0.292. The van der Waals surface area contributed by atoms with Crippen molar-refractivity contribution in [3.05, 3.63) is 40.1 Å². The molecule has 0 aliphatic rings. The maximum Gasteiger partial charge on any atom is 0.143 e. The minimum Gasteiger partial charge on any atom is -0.384 e. The van der Waals surface area contributed by atoms with E-state index in [9.17, 15) is 9.50 Å². The van der Waals surface area contributed by atoms with Crippen molar-refractivity contribution in [1.82, 2.24) is 0 Å². The molecule has 1 unspecified atom stereocenters. The van der Waals surface area contributed by atoms with Gasteiger partial charge in [-0.05, 0) is 25.3 Å². The third-order valence-corrected chi connectivity index (χ3v) is 3.43. The summed E-state index contributed by atoms with van der Waals surface area (Å²) in [5.74, 6) is -0.359. The average molecular weight is 291 g/mol. The number of hydrogen-bond acceptors (Lipinski definition) is 2. The van der Waals surface area contributed by atoms with Crippen LogP contribution in [0.2, 0.25) is 0 Å². The van der Waals surface area contributed by atoms with Crippen molar-refractivity contribution in [2.24, 2.45) is 0 Å². The van der Waals surface area contributed by atoms with Gasteiger partial charge in [0.15, 0.2) is 0 Å². The van der Waals surface area contributed by atoms with Gasteiger partial charge >= 0.3 is 0 Å². The number of benzene rings is 1. The standard InChI is InChI=1S/C11H12BrFOS/c1-3-4-8(14)10-7(12)5-6-9(15-2)11(10)13/h3-6,8,14H,1-2H3/b4-3+. The Labute approximate surface area is 102 Å². The first-order valence-corrected chi connectivity index (χ1v) is 6.46. The molecule has 0 saturated heterocycles. The Bertz CT molecular complexity index is 379. The summed E-state index contributed by atoms with van der Waals surface area (Å²) < 4.78 is 14.4. The Morgan fingerprint density at radius 2 is 2.20 bits per heavy atom. The fraction of sp³-hybridized carbons (Fsp3) is 0.273. The highest BCUT2D eigenvalue weighted by Crippen LogP contribution is 2.32. The molecule has 0 aromatic heterocycles. The fourth-order valence-electron chi connectivity index (χ4n) is 1.26. The van der Waals surface area contributed by atoms with Crippen molar-refractivity contribution >= 4 is 27.7 Å². The summed E-state index contributed by atoms with van der Waals surface area (Å²) in [7, 11) is 0. The maximum absolute atomic E-state index is 13.9. The van der Waals surface area contributed by atoms with Gasteiger partial charge in [0.2, 0.25) is 0 Å². The molecule has 1 nitrogen and oxygen atoms in total. The molecule has 0 amide bonds. The van der Waals surface area contributed by atoms with E-state index < -0.39 is 6.10 Å². The lowest BCUT2D eigenvalue weighted by atomic mass is 10.1. The molecule has 0 heterocycles. The van der Waals surface area contributed by atoms with E-state index >= 15 is 0 Å². The van der Waals surface area contributed by atoms with Crippen molar-refractivity contribution in [2.45, 2.75) is 17.9 Å². The highest BCUT2D eigenvalue weighted by molar-refractivity contribution is 9.10. The molecule has 15 heavy (non-hydrogen) atoms. The molecule has 0 aliphatic heterocycles. The Balaban J connectivity index is 3.26. The van der Waals surface area contributed by atoms with Gasteiger partial charge in [0.1, 0.15) is 11.9 Å². The SMILES string of the molecule is C/C=C/C(O)c1c(Br)ccc(SC)c1F. The van der Waals surface area contributed by atoms with Crippen molar-refractivity contribution in [3.63, 3.8) is 0 Å². The number of allylic oxidation sites excluding steroid dienone is 1. The van der Waals surface area contributed by atoms with Crippen LogP contribution < -0.4 is 0 Å². The van der Waals surface area contributed by atoms with E-state index in [1.165, 1.54) is 11.8 Å². The third-order valence-electron chi connectivity index (χ3n) is 1.98. The van der Waals surface area contributed by atoms with Gasteiger partial charge in [-0.25, -0.2) is 4.39 Å². The van der Waals surface area contributed by atoms with Crippen molar-refractivity contribution in [2.75, 3.05) is 6.26 Å². The number of hydrogen-bond donors (Lipinski definition) is 1. The van der Waals surface area contributed by atoms with Crippen LogP contribution in [0.15, 0.2) is 33.7 Å². The van der Waals surface area contributed by atoms with Crippen molar-refractivity contribution < 1.29 is 9.50 Å². The smallest absolute Gasteiger partial charge is 0.143 e. The lowest BCUT2D eigenvalue weighted by Crippen LogP contribution is -2.00. The van der Waals surface area contributed by atoms with Crippen LogP contribution in [-0.2, 0) is 0 Å². The second-order valence-corrected chi connectivity index (χ2v) is 4.65. The second kappa shape index (κ2) is 5.68. The van der Waals surface area contributed by atoms with E-state index in [2.05, 4.69) is 15.9 Å². The quantitative estimate of drug-likeness (QED) is 0.673. The predicted octanol–water partition coefficient (Wildman–Crippen LogP) is 3.92. The van der Waals surface area contributed by atoms with Crippen LogP contribution >= 0.6 is 27.7 Å². The van der Waals surface area contributed by atoms with Crippen LogP contribution in [0.4, 0.5) is 4.39 Å². The Kier molecular flexibility index (Phi) is 4.83. The van der Waals surface area contributed by atoms with E-state index in [0.29, 0.717) is 14.9 Å². The molecule has 1 atom stereocenters. The molecule has 0 spiro atoms. The van der Waals surface area contributed by atoms with Gasteiger partial charge in [-0.3, -0.25) is 0 Å². The predicted molar refractivity (Wildman–Crippen MR) is 65.7 cm³/mol. The van der Waals surface area contributed by atoms with Gasteiger partial charge in [-0.1, -0.05) is 28.1 Å². The van der Waals surface area contributed by atoms with Crippen LogP contribution in [-0.4, -0.2) is 11.4 Å². The van der Waals surface area contributed by atoms with Gasteiger partial charge in [0.05, 0.1) is 0 Å². The summed E-state index contributed by atoms with van der Waals surface area (Å²) in [6.45, 7) is 1.79.